The molecule has 4 nitrogen and oxygen atoms in total. The van der Waals surface area contributed by atoms with Gasteiger partial charge in [-0.05, 0) is 48.7 Å². The van der Waals surface area contributed by atoms with Crippen LogP contribution in [-0.4, -0.2) is 16.5 Å². The lowest BCUT2D eigenvalue weighted by Gasteiger charge is -2.10. The summed E-state index contributed by atoms with van der Waals surface area (Å²) < 4.78 is 13.0. The van der Waals surface area contributed by atoms with Crippen molar-refractivity contribution in [1.29, 1.82) is 0 Å². The second kappa shape index (κ2) is 8.63. The van der Waals surface area contributed by atoms with E-state index in [4.69, 9.17) is 11.6 Å². The summed E-state index contributed by atoms with van der Waals surface area (Å²) in [6.45, 7) is 3.22. The van der Waals surface area contributed by atoms with Crippen LogP contribution in [0.25, 0.3) is 0 Å². The molecule has 1 heterocycles. The Morgan fingerprint density at radius 1 is 0.923 bits per heavy atom. The van der Waals surface area contributed by atoms with Gasteiger partial charge in [0.15, 0.2) is 0 Å². The molecule has 0 fully saturated rings. The normalized spacial score (nSPS) is 10.6. The summed E-state index contributed by atoms with van der Waals surface area (Å²) in [6, 6.07) is 16.1. The largest absolute Gasteiger partial charge is 0.370 e. The van der Waals surface area contributed by atoms with Crippen LogP contribution < -0.4 is 10.6 Å². The van der Waals surface area contributed by atoms with Gasteiger partial charge in [-0.3, -0.25) is 0 Å². The predicted molar refractivity (Wildman–Crippen MR) is 104 cm³/mol. The molecule has 0 aliphatic rings. The topological polar surface area (TPSA) is 49.8 Å². The maximum atomic E-state index is 13.0. The molecule has 3 rings (SSSR count). The molecule has 0 aliphatic heterocycles. The van der Waals surface area contributed by atoms with Crippen LogP contribution in [0.15, 0.2) is 54.6 Å². The number of aromatic nitrogens is 2. The fraction of sp³-hybridized carbons (Fsp3) is 0.200. The summed E-state index contributed by atoms with van der Waals surface area (Å²) in [5.41, 5.74) is 3.05. The van der Waals surface area contributed by atoms with Crippen LogP contribution in [0.3, 0.4) is 0 Å². The first-order chi connectivity index (χ1) is 12.6. The molecule has 0 spiro atoms. The number of benzene rings is 2. The van der Waals surface area contributed by atoms with E-state index in [1.807, 2.05) is 37.3 Å². The van der Waals surface area contributed by atoms with Gasteiger partial charge in [-0.15, -0.1) is 0 Å². The highest BCUT2D eigenvalue weighted by atomic mass is 35.5. The van der Waals surface area contributed by atoms with Gasteiger partial charge in [0.25, 0.3) is 0 Å². The Hall–Kier alpha value is -2.66. The molecule has 0 bridgehead atoms. The quantitative estimate of drug-likeness (QED) is 0.624. The van der Waals surface area contributed by atoms with E-state index >= 15 is 0 Å². The average Bonchev–Trinajstić information content (AvgIpc) is 2.63. The number of hydrogen-bond acceptors (Lipinski definition) is 4. The molecule has 1 aromatic heterocycles. The van der Waals surface area contributed by atoms with Crippen LogP contribution in [0.1, 0.15) is 16.8 Å². The van der Waals surface area contributed by atoms with E-state index < -0.39 is 0 Å². The van der Waals surface area contributed by atoms with E-state index in [0.717, 1.165) is 35.1 Å². The number of aryl methyl sites for hydroxylation is 1. The van der Waals surface area contributed by atoms with Crippen LogP contribution in [0.5, 0.6) is 0 Å². The zero-order valence-electron chi connectivity index (χ0n) is 14.5. The average molecular weight is 371 g/mol. The molecule has 0 atom stereocenters. The third kappa shape index (κ3) is 5.43. The number of halogens is 2. The molecule has 0 radical (unpaired) electrons. The molecule has 0 saturated heterocycles. The highest BCUT2D eigenvalue weighted by Crippen LogP contribution is 2.13. The molecule has 2 N–H and O–H groups in total. The lowest BCUT2D eigenvalue weighted by Crippen LogP contribution is -2.10. The van der Waals surface area contributed by atoms with Crippen molar-refractivity contribution in [3.8, 4) is 0 Å². The van der Waals surface area contributed by atoms with Crippen molar-refractivity contribution in [2.45, 2.75) is 19.9 Å². The molecule has 0 unspecified atom stereocenters. The van der Waals surface area contributed by atoms with Gasteiger partial charge < -0.3 is 10.6 Å². The van der Waals surface area contributed by atoms with E-state index in [0.29, 0.717) is 12.5 Å². The number of rotatable bonds is 7. The van der Waals surface area contributed by atoms with Crippen LogP contribution in [-0.2, 0) is 13.0 Å². The van der Waals surface area contributed by atoms with E-state index in [-0.39, 0.29) is 5.82 Å². The third-order valence-electron chi connectivity index (χ3n) is 3.85. The van der Waals surface area contributed by atoms with Crippen LogP contribution in [0.4, 0.5) is 16.2 Å². The lowest BCUT2D eigenvalue weighted by atomic mass is 10.1. The molecule has 2 aromatic carbocycles. The molecule has 3 aromatic rings. The van der Waals surface area contributed by atoms with Crippen molar-refractivity contribution in [3.63, 3.8) is 0 Å². The Kier molecular flexibility index (Phi) is 6.02. The Morgan fingerprint density at radius 3 is 2.35 bits per heavy atom. The zero-order chi connectivity index (χ0) is 18.4. The maximum Gasteiger partial charge on any atom is 0.225 e. The summed E-state index contributed by atoms with van der Waals surface area (Å²) in [5.74, 6) is 1.07. The van der Waals surface area contributed by atoms with Gasteiger partial charge >= 0.3 is 0 Å². The fourth-order valence-electron chi connectivity index (χ4n) is 2.51. The smallest absolute Gasteiger partial charge is 0.225 e. The van der Waals surface area contributed by atoms with Gasteiger partial charge in [0, 0.05) is 29.9 Å². The minimum atomic E-state index is -0.243. The first kappa shape index (κ1) is 18.1. The molecule has 0 saturated carbocycles. The predicted octanol–water partition coefficient (Wildman–Crippen LogP) is 4.84. The van der Waals surface area contributed by atoms with Crippen molar-refractivity contribution < 1.29 is 4.39 Å². The first-order valence-corrected chi connectivity index (χ1v) is 8.78. The first-order valence-electron chi connectivity index (χ1n) is 8.41. The molecular formula is C20H20ClFN4. The number of nitrogens with one attached hydrogen (secondary N) is 2. The van der Waals surface area contributed by atoms with Crippen LogP contribution in [0.2, 0.25) is 5.02 Å². The Labute approximate surface area is 157 Å². The summed E-state index contributed by atoms with van der Waals surface area (Å²) in [6.07, 6.45) is 0.874. The second-order valence-electron chi connectivity index (χ2n) is 6.00. The molecule has 26 heavy (non-hydrogen) atoms. The summed E-state index contributed by atoms with van der Waals surface area (Å²) in [4.78, 5) is 8.87. The number of hydrogen-bond donors (Lipinski definition) is 2. The third-order valence-corrected chi connectivity index (χ3v) is 4.10. The lowest BCUT2D eigenvalue weighted by molar-refractivity contribution is 0.627. The highest BCUT2D eigenvalue weighted by molar-refractivity contribution is 6.30. The van der Waals surface area contributed by atoms with Crippen LogP contribution >= 0.6 is 11.6 Å². The molecular weight excluding hydrogens is 351 g/mol. The second-order valence-corrected chi connectivity index (χ2v) is 6.44. The summed E-state index contributed by atoms with van der Waals surface area (Å²) in [7, 11) is 0. The molecule has 134 valence electrons. The Morgan fingerprint density at radius 2 is 1.62 bits per heavy atom. The van der Waals surface area contributed by atoms with Gasteiger partial charge in [0.1, 0.15) is 11.6 Å². The van der Waals surface area contributed by atoms with E-state index in [1.165, 1.54) is 17.7 Å². The monoisotopic (exact) mass is 370 g/mol. The fourth-order valence-corrected chi connectivity index (χ4v) is 2.63. The van der Waals surface area contributed by atoms with E-state index in [1.54, 1.807) is 12.1 Å². The van der Waals surface area contributed by atoms with Crippen LogP contribution in [0, 0.1) is 12.7 Å². The number of anilines is 2. The number of nitrogens with zero attached hydrogens (tertiary/aromatic N) is 2. The molecule has 0 aliphatic carbocycles. The van der Waals surface area contributed by atoms with Crippen molar-refractivity contribution in [2.75, 3.05) is 17.2 Å². The van der Waals surface area contributed by atoms with Crippen molar-refractivity contribution >= 4 is 23.4 Å². The van der Waals surface area contributed by atoms with Gasteiger partial charge in [0.05, 0.1) is 0 Å². The Bertz CT molecular complexity index is 851. The van der Waals surface area contributed by atoms with Gasteiger partial charge in [-0.25, -0.2) is 9.37 Å². The molecule has 0 amide bonds. The minimum Gasteiger partial charge on any atom is -0.370 e. The highest BCUT2D eigenvalue weighted by Gasteiger charge is 2.03. The summed E-state index contributed by atoms with van der Waals surface area (Å²) in [5, 5.41) is 7.24. The SMILES string of the molecule is Cc1cc(NCCc2ccc(Cl)cc2)nc(NCc2ccc(F)cc2)n1. The van der Waals surface area contributed by atoms with Gasteiger partial charge in [-0.2, -0.15) is 4.98 Å². The van der Waals surface area contributed by atoms with E-state index in [2.05, 4.69) is 20.6 Å². The van der Waals surface area contributed by atoms with Crippen molar-refractivity contribution in [3.05, 3.63) is 82.3 Å². The minimum absolute atomic E-state index is 0.243. The van der Waals surface area contributed by atoms with E-state index in [9.17, 15) is 4.39 Å². The van der Waals surface area contributed by atoms with Crippen molar-refractivity contribution in [1.82, 2.24) is 9.97 Å². The van der Waals surface area contributed by atoms with Crippen molar-refractivity contribution in [2.24, 2.45) is 0 Å². The Balaban J connectivity index is 1.56. The van der Waals surface area contributed by atoms with Gasteiger partial charge in [-0.1, -0.05) is 35.9 Å². The standard InChI is InChI=1S/C20H20ClFN4/c1-14-12-19(23-11-10-15-2-6-17(21)7-3-15)26-20(25-14)24-13-16-4-8-18(22)9-5-16/h2-9,12H,10-11,13H2,1H3,(H2,23,24,25,26). The molecule has 6 heteroatoms. The summed E-state index contributed by atoms with van der Waals surface area (Å²) >= 11 is 5.90. The van der Waals surface area contributed by atoms with Gasteiger partial charge in [0.2, 0.25) is 5.95 Å². The zero-order valence-corrected chi connectivity index (χ0v) is 15.2. The maximum absolute atomic E-state index is 13.0.